The maximum atomic E-state index is 10.4. The SMILES string of the molecule is CCCCCCCCC(CCCCCCC=O)O[Si](C)(C)C(C)(C)C. The van der Waals surface area contributed by atoms with Crippen molar-refractivity contribution in [1.82, 2.24) is 0 Å². The molecule has 0 amide bonds. The van der Waals surface area contributed by atoms with E-state index < -0.39 is 8.32 Å². The highest BCUT2D eigenvalue weighted by Crippen LogP contribution is 2.38. The lowest BCUT2D eigenvalue weighted by molar-refractivity contribution is -0.107. The van der Waals surface area contributed by atoms with Crippen LogP contribution in [0.3, 0.4) is 0 Å². The van der Waals surface area contributed by atoms with E-state index >= 15 is 0 Å². The number of unbranched alkanes of at least 4 members (excludes halogenated alkanes) is 9. The zero-order valence-corrected chi connectivity index (χ0v) is 19.2. The third kappa shape index (κ3) is 12.8. The molecular formula is C22H46O2Si. The molecule has 0 radical (unpaired) electrons. The van der Waals surface area contributed by atoms with Crippen molar-refractivity contribution in [2.45, 2.75) is 135 Å². The van der Waals surface area contributed by atoms with E-state index in [9.17, 15) is 4.79 Å². The van der Waals surface area contributed by atoms with Gasteiger partial charge in [-0.3, -0.25) is 0 Å². The summed E-state index contributed by atoms with van der Waals surface area (Å²) >= 11 is 0. The Morgan fingerprint density at radius 1 is 0.840 bits per heavy atom. The minimum atomic E-state index is -1.68. The van der Waals surface area contributed by atoms with Gasteiger partial charge in [0.1, 0.15) is 6.29 Å². The number of carbonyl (C=O) groups excluding carboxylic acids is 1. The first-order chi connectivity index (χ1) is 11.7. The Bertz CT molecular complexity index is 320. The molecule has 0 aromatic heterocycles. The smallest absolute Gasteiger partial charge is 0.192 e. The summed E-state index contributed by atoms with van der Waals surface area (Å²) in [7, 11) is -1.68. The summed E-state index contributed by atoms with van der Waals surface area (Å²) in [6.07, 6.45) is 17.5. The Kier molecular flexibility index (Phi) is 13.9. The molecule has 1 atom stereocenters. The lowest BCUT2D eigenvalue weighted by atomic mass is 10.0. The highest BCUT2D eigenvalue weighted by molar-refractivity contribution is 6.74. The van der Waals surface area contributed by atoms with Crippen LogP contribution in [0.4, 0.5) is 0 Å². The fraction of sp³-hybridized carbons (Fsp3) is 0.955. The molecule has 0 rings (SSSR count). The number of aldehydes is 1. The molecule has 0 spiro atoms. The topological polar surface area (TPSA) is 26.3 Å². The summed E-state index contributed by atoms with van der Waals surface area (Å²) in [4.78, 5) is 10.4. The fourth-order valence-electron chi connectivity index (χ4n) is 2.96. The maximum Gasteiger partial charge on any atom is 0.192 e. The van der Waals surface area contributed by atoms with Crippen LogP contribution in [-0.4, -0.2) is 20.7 Å². The third-order valence-electron chi connectivity index (χ3n) is 5.75. The molecule has 2 nitrogen and oxygen atoms in total. The van der Waals surface area contributed by atoms with Gasteiger partial charge in [0.25, 0.3) is 0 Å². The van der Waals surface area contributed by atoms with Crippen molar-refractivity contribution in [2.75, 3.05) is 0 Å². The van der Waals surface area contributed by atoms with E-state index in [-0.39, 0.29) is 5.04 Å². The second kappa shape index (κ2) is 14.0. The van der Waals surface area contributed by atoms with Crippen LogP contribution in [0.15, 0.2) is 0 Å². The van der Waals surface area contributed by atoms with Gasteiger partial charge in [-0.05, 0) is 37.4 Å². The average Bonchev–Trinajstić information content (AvgIpc) is 2.52. The molecule has 0 aliphatic rings. The molecule has 0 fully saturated rings. The minimum Gasteiger partial charge on any atom is -0.414 e. The van der Waals surface area contributed by atoms with E-state index in [0.29, 0.717) is 6.10 Å². The maximum absolute atomic E-state index is 10.4. The number of hydrogen-bond acceptors (Lipinski definition) is 2. The van der Waals surface area contributed by atoms with Crippen LogP contribution in [0.25, 0.3) is 0 Å². The molecule has 3 heteroatoms. The summed E-state index contributed by atoms with van der Waals surface area (Å²) in [5.41, 5.74) is 0. The predicted molar refractivity (Wildman–Crippen MR) is 114 cm³/mol. The lowest BCUT2D eigenvalue weighted by Gasteiger charge is -2.39. The quantitative estimate of drug-likeness (QED) is 0.158. The van der Waals surface area contributed by atoms with Crippen LogP contribution in [0.5, 0.6) is 0 Å². The molecule has 150 valence electrons. The van der Waals surface area contributed by atoms with Crippen LogP contribution >= 0.6 is 0 Å². The first-order valence-corrected chi connectivity index (χ1v) is 13.8. The first-order valence-electron chi connectivity index (χ1n) is 10.9. The van der Waals surface area contributed by atoms with E-state index in [0.717, 1.165) is 19.1 Å². The van der Waals surface area contributed by atoms with Gasteiger partial charge in [0, 0.05) is 12.5 Å². The van der Waals surface area contributed by atoms with Crippen LogP contribution in [0, 0.1) is 0 Å². The number of hydrogen-bond donors (Lipinski definition) is 0. The molecule has 0 heterocycles. The molecule has 0 saturated carbocycles. The second-order valence-corrected chi connectivity index (χ2v) is 14.0. The van der Waals surface area contributed by atoms with Crippen molar-refractivity contribution < 1.29 is 9.22 Å². The fourth-order valence-corrected chi connectivity index (χ4v) is 4.38. The van der Waals surface area contributed by atoms with E-state index in [1.54, 1.807) is 0 Å². The van der Waals surface area contributed by atoms with Crippen LogP contribution < -0.4 is 0 Å². The molecular weight excluding hydrogens is 324 g/mol. The second-order valence-electron chi connectivity index (χ2n) is 9.21. The van der Waals surface area contributed by atoms with Gasteiger partial charge in [0.15, 0.2) is 8.32 Å². The molecule has 0 aliphatic heterocycles. The van der Waals surface area contributed by atoms with Gasteiger partial charge in [-0.25, -0.2) is 0 Å². The monoisotopic (exact) mass is 370 g/mol. The third-order valence-corrected chi connectivity index (χ3v) is 10.3. The molecule has 0 aliphatic carbocycles. The van der Waals surface area contributed by atoms with Crippen molar-refractivity contribution in [3.63, 3.8) is 0 Å². The predicted octanol–water partition coefficient (Wildman–Crippen LogP) is 7.67. The van der Waals surface area contributed by atoms with Crippen LogP contribution in [0.1, 0.15) is 111 Å². The van der Waals surface area contributed by atoms with Gasteiger partial charge in [-0.1, -0.05) is 85.5 Å². The molecule has 25 heavy (non-hydrogen) atoms. The summed E-state index contributed by atoms with van der Waals surface area (Å²) < 4.78 is 6.74. The summed E-state index contributed by atoms with van der Waals surface area (Å²) in [6.45, 7) is 14.0. The largest absolute Gasteiger partial charge is 0.414 e. The van der Waals surface area contributed by atoms with Gasteiger partial charge < -0.3 is 9.22 Å². The highest BCUT2D eigenvalue weighted by Gasteiger charge is 2.38. The molecule has 0 saturated heterocycles. The van der Waals surface area contributed by atoms with Gasteiger partial charge in [-0.15, -0.1) is 0 Å². The van der Waals surface area contributed by atoms with Crippen molar-refractivity contribution in [3.8, 4) is 0 Å². The first kappa shape index (κ1) is 24.8. The van der Waals surface area contributed by atoms with E-state index in [2.05, 4.69) is 40.8 Å². The Morgan fingerprint density at radius 2 is 1.32 bits per heavy atom. The Hall–Kier alpha value is -0.153. The zero-order valence-electron chi connectivity index (χ0n) is 18.2. The molecule has 0 N–H and O–H groups in total. The van der Waals surface area contributed by atoms with Crippen LogP contribution in [-0.2, 0) is 9.22 Å². The molecule has 1 unspecified atom stereocenters. The minimum absolute atomic E-state index is 0.288. The summed E-state index contributed by atoms with van der Waals surface area (Å²) in [5, 5.41) is 0.288. The Morgan fingerprint density at radius 3 is 1.80 bits per heavy atom. The van der Waals surface area contributed by atoms with E-state index in [1.165, 1.54) is 70.6 Å². The molecule has 0 aromatic carbocycles. The Labute approximate surface area is 159 Å². The van der Waals surface area contributed by atoms with E-state index in [4.69, 9.17) is 4.43 Å². The van der Waals surface area contributed by atoms with E-state index in [1.807, 2.05) is 0 Å². The van der Waals surface area contributed by atoms with Gasteiger partial charge >= 0.3 is 0 Å². The highest BCUT2D eigenvalue weighted by atomic mass is 28.4. The van der Waals surface area contributed by atoms with Crippen molar-refractivity contribution in [1.29, 1.82) is 0 Å². The summed E-state index contributed by atoms with van der Waals surface area (Å²) in [6, 6.07) is 0. The van der Waals surface area contributed by atoms with Gasteiger partial charge in [0.05, 0.1) is 0 Å². The summed E-state index contributed by atoms with van der Waals surface area (Å²) in [5.74, 6) is 0. The zero-order chi connectivity index (χ0) is 19.2. The van der Waals surface area contributed by atoms with Crippen molar-refractivity contribution >= 4 is 14.6 Å². The number of rotatable bonds is 16. The Balaban J connectivity index is 4.28. The number of carbonyl (C=O) groups is 1. The average molecular weight is 371 g/mol. The van der Waals surface area contributed by atoms with Crippen molar-refractivity contribution in [2.24, 2.45) is 0 Å². The van der Waals surface area contributed by atoms with Crippen molar-refractivity contribution in [3.05, 3.63) is 0 Å². The standard InChI is InChI=1S/C22H46O2Si/c1-7-8-9-10-12-15-18-21(19-16-13-11-14-17-20-23)24-25(5,6)22(2,3)4/h20-21H,7-19H2,1-6H3. The molecule has 0 bridgehead atoms. The lowest BCUT2D eigenvalue weighted by Crippen LogP contribution is -2.44. The van der Waals surface area contributed by atoms with Gasteiger partial charge in [-0.2, -0.15) is 0 Å². The van der Waals surface area contributed by atoms with Gasteiger partial charge in [0.2, 0.25) is 0 Å². The van der Waals surface area contributed by atoms with Crippen LogP contribution in [0.2, 0.25) is 18.1 Å². The normalized spacial score (nSPS) is 13.8. The molecule has 0 aromatic rings.